The van der Waals surface area contributed by atoms with Crippen molar-refractivity contribution < 1.29 is 35.4 Å². The Morgan fingerprint density at radius 1 is 0.984 bits per heavy atom. The summed E-state index contributed by atoms with van der Waals surface area (Å²) in [6.07, 6.45) is 14.5. The standard InChI is InChI=1S/C49H70N4O7S2/c1-2-30-10-11-32-12-13-33(23-43(57)47(32)42(56)17-15-38(21-30)53-26-44(58)31-7-4-3-5-8-31)34-14-16-41(55)45(24-34)60-46-25-35(22-37-9-6-19-51-37)39-18-20-52-49(50)40(39)29-62-61-28-36(27-54)48(46)59/h6,9,12-14,16,18-19,24,30-33,35-36,38,42-44,46-48,51-59H,2-5,7-8,15,17,20-23,25-29,50H2,1H3. The molecule has 12 unspecified atom stereocenters. The van der Waals surface area contributed by atoms with Crippen LogP contribution in [0.2, 0.25) is 0 Å². The number of aromatic amines is 1. The number of rotatable bonds is 11. The van der Waals surface area contributed by atoms with Crippen molar-refractivity contribution >= 4 is 21.6 Å². The molecule has 5 aliphatic rings. The van der Waals surface area contributed by atoms with Gasteiger partial charge in [0.05, 0.1) is 24.4 Å². The first-order valence-corrected chi connectivity index (χ1v) is 25.7. The maximum atomic E-state index is 12.0. The van der Waals surface area contributed by atoms with Crippen LogP contribution >= 0.6 is 21.6 Å². The van der Waals surface area contributed by atoms with E-state index in [9.17, 15) is 30.6 Å². The summed E-state index contributed by atoms with van der Waals surface area (Å²) >= 11 is 0. The maximum Gasteiger partial charge on any atom is 0.161 e. The lowest BCUT2D eigenvalue weighted by atomic mass is 9.78. The van der Waals surface area contributed by atoms with Crippen molar-refractivity contribution in [1.29, 1.82) is 0 Å². The average molecular weight is 891 g/mol. The number of H-pyrrole nitrogens is 1. The van der Waals surface area contributed by atoms with E-state index in [1.54, 1.807) is 33.7 Å². The molecule has 2 aliphatic heterocycles. The number of hydrogen-bond acceptors (Lipinski definition) is 12. The summed E-state index contributed by atoms with van der Waals surface area (Å²) in [4.78, 5) is 3.34. The Morgan fingerprint density at radius 3 is 2.60 bits per heavy atom. The number of aliphatic hydroxyl groups is 5. The Bertz CT molecular complexity index is 1890. The Balaban J connectivity index is 1.11. The number of allylic oxidation sites excluding steroid dienone is 3. The van der Waals surface area contributed by atoms with Crippen LogP contribution in [0.5, 0.6) is 11.5 Å². The number of nitrogens with one attached hydrogen (secondary N) is 3. The molecule has 0 radical (unpaired) electrons. The van der Waals surface area contributed by atoms with Gasteiger partial charge >= 0.3 is 0 Å². The van der Waals surface area contributed by atoms with E-state index in [1.807, 2.05) is 30.5 Å². The molecule has 1 aromatic carbocycles. The van der Waals surface area contributed by atoms with Gasteiger partial charge in [-0.2, -0.15) is 0 Å². The minimum absolute atomic E-state index is 0.0683. The van der Waals surface area contributed by atoms with Gasteiger partial charge in [0.15, 0.2) is 11.5 Å². The van der Waals surface area contributed by atoms with E-state index in [-0.39, 0.29) is 53.9 Å². The summed E-state index contributed by atoms with van der Waals surface area (Å²) in [5.41, 5.74) is 10.6. The molecule has 340 valence electrons. The van der Waals surface area contributed by atoms with Gasteiger partial charge in [-0.3, -0.25) is 0 Å². The van der Waals surface area contributed by atoms with E-state index in [1.165, 1.54) is 19.3 Å². The van der Waals surface area contributed by atoms with Crippen LogP contribution in [0, 0.1) is 47.3 Å². The van der Waals surface area contributed by atoms with E-state index in [0.717, 1.165) is 54.5 Å². The normalized spacial score (nSPS) is 33.3. The molecule has 62 heavy (non-hydrogen) atoms. The topological polar surface area (TPSA) is 196 Å². The highest BCUT2D eigenvalue weighted by Gasteiger charge is 2.39. The number of aliphatic hydroxyl groups excluding tert-OH is 5. The molecular formula is C49H70N4O7S2. The number of phenols is 1. The third-order valence-corrected chi connectivity index (χ3v) is 16.6. The summed E-state index contributed by atoms with van der Waals surface area (Å²) in [6, 6.07) is 9.37. The molecule has 1 saturated carbocycles. The quantitative estimate of drug-likeness (QED) is 0.0732. The smallest absolute Gasteiger partial charge is 0.161 e. The molecule has 1 saturated heterocycles. The van der Waals surface area contributed by atoms with Crippen molar-refractivity contribution in [2.75, 3.05) is 31.2 Å². The number of aromatic hydroxyl groups is 1. The van der Waals surface area contributed by atoms with Crippen LogP contribution in [0.15, 0.2) is 71.7 Å². The minimum Gasteiger partial charge on any atom is -0.504 e. The molecule has 0 amide bonds. The van der Waals surface area contributed by atoms with Crippen LogP contribution < -0.4 is 21.1 Å². The zero-order valence-electron chi connectivity index (χ0n) is 36.2. The second kappa shape index (κ2) is 22.7. The van der Waals surface area contributed by atoms with E-state index in [0.29, 0.717) is 62.0 Å². The first kappa shape index (κ1) is 46.9. The Hall–Kier alpha value is -3.06. The van der Waals surface area contributed by atoms with Gasteiger partial charge in [0, 0.05) is 84.3 Å². The summed E-state index contributed by atoms with van der Waals surface area (Å²) in [5, 5.41) is 75.5. The van der Waals surface area contributed by atoms with E-state index in [2.05, 4.69) is 46.5 Å². The molecule has 2 aromatic rings. The zero-order valence-corrected chi connectivity index (χ0v) is 37.8. The molecule has 3 heterocycles. The number of fused-ring (bicyclic) bond motifs is 2. The van der Waals surface area contributed by atoms with Crippen molar-refractivity contribution in [2.45, 2.75) is 126 Å². The fourth-order valence-corrected chi connectivity index (χ4v) is 12.9. The van der Waals surface area contributed by atoms with Crippen LogP contribution in [-0.4, -0.2) is 103 Å². The van der Waals surface area contributed by atoms with Crippen LogP contribution in [-0.2, 0) is 6.42 Å². The van der Waals surface area contributed by atoms with Crippen LogP contribution in [0.3, 0.4) is 0 Å². The van der Waals surface area contributed by atoms with Gasteiger partial charge in [0.1, 0.15) is 11.9 Å². The van der Waals surface area contributed by atoms with Crippen molar-refractivity contribution in [1.82, 2.24) is 15.6 Å². The number of dihydropyridines is 1. The lowest BCUT2D eigenvalue weighted by molar-refractivity contribution is -0.0214. The summed E-state index contributed by atoms with van der Waals surface area (Å²) < 4.78 is 6.73. The van der Waals surface area contributed by atoms with Gasteiger partial charge in [-0.1, -0.05) is 83.9 Å². The van der Waals surface area contributed by atoms with Gasteiger partial charge in [-0.15, -0.1) is 0 Å². The minimum atomic E-state index is -1.04. The fraction of sp³-hybridized carbons (Fsp3) is 0.633. The Kier molecular flexibility index (Phi) is 17.2. The summed E-state index contributed by atoms with van der Waals surface area (Å²) in [5.74, 6) is 7.83. The Labute approximate surface area is 376 Å². The number of ether oxygens (including phenoxy) is 1. The molecule has 3 aliphatic carbocycles. The molecular weight excluding hydrogens is 821 g/mol. The molecule has 11 N–H and O–H groups in total. The average Bonchev–Trinajstić information content (AvgIpc) is 3.73. The summed E-state index contributed by atoms with van der Waals surface area (Å²) in [7, 11) is 3.24. The van der Waals surface area contributed by atoms with Gasteiger partial charge in [0.25, 0.3) is 0 Å². The molecule has 13 heteroatoms. The maximum absolute atomic E-state index is 12.0. The third-order valence-electron chi connectivity index (χ3n) is 14.2. The van der Waals surface area contributed by atoms with E-state index < -0.39 is 36.3 Å². The zero-order chi connectivity index (χ0) is 43.6. The number of nitrogens with two attached hydrogens (primary N) is 1. The first-order chi connectivity index (χ1) is 30.1. The molecule has 7 rings (SSSR count). The van der Waals surface area contributed by atoms with Gasteiger partial charge in [-0.25, -0.2) is 0 Å². The molecule has 11 nitrogen and oxygen atoms in total. The van der Waals surface area contributed by atoms with Gasteiger partial charge < -0.3 is 56.7 Å². The second-order valence-corrected chi connectivity index (χ2v) is 20.9. The largest absolute Gasteiger partial charge is 0.504 e. The fourth-order valence-electron chi connectivity index (χ4n) is 10.4. The monoisotopic (exact) mass is 890 g/mol. The third kappa shape index (κ3) is 12.0. The van der Waals surface area contributed by atoms with Gasteiger partial charge in [-0.05, 0) is 105 Å². The molecule has 0 bridgehead atoms. The predicted molar refractivity (Wildman–Crippen MR) is 249 cm³/mol. The summed E-state index contributed by atoms with van der Waals surface area (Å²) in [6.45, 7) is 3.07. The molecule has 2 fully saturated rings. The second-order valence-electron chi connectivity index (χ2n) is 18.4. The number of aromatic nitrogens is 1. The first-order valence-electron chi connectivity index (χ1n) is 23.2. The molecule has 1 aromatic heterocycles. The molecule has 0 spiro atoms. The highest BCUT2D eigenvalue weighted by Crippen LogP contribution is 2.42. The number of hydrogen-bond donors (Lipinski definition) is 10. The van der Waals surface area contributed by atoms with Crippen LogP contribution in [0.4, 0.5) is 0 Å². The van der Waals surface area contributed by atoms with Crippen molar-refractivity contribution in [3.8, 4) is 23.3 Å². The Morgan fingerprint density at radius 2 is 1.82 bits per heavy atom. The van der Waals surface area contributed by atoms with Gasteiger partial charge in [0.2, 0.25) is 0 Å². The van der Waals surface area contributed by atoms with Crippen molar-refractivity contribution in [2.24, 2.45) is 41.2 Å². The number of benzene rings is 1. The lowest BCUT2D eigenvalue weighted by Crippen LogP contribution is -2.42. The molecule has 12 atom stereocenters. The highest BCUT2D eigenvalue weighted by atomic mass is 33.1. The van der Waals surface area contributed by atoms with Crippen molar-refractivity contribution in [3.63, 3.8) is 0 Å². The van der Waals surface area contributed by atoms with E-state index in [4.69, 9.17) is 10.5 Å². The SMILES string of the molecule is CCC1C#CC2C=CC(c3ccc(O)c(OC4CC(Cc5ccc[nH]5)C5=CCNC(N)=C5CSSCC(CO)C4O)c3)CC(O)C2C(O)CCC(NCC(O)C2CCCCC2)C1. The van der Waals surface area contributed by atoms with Crippen LogP contribution in [0.1, 0.15) is 94.7 Å². The lowest BCUT2D eigenvalue weighted by Gasteiger charge is -2.34. The predicted octanol–water partition coefficient (Wildman–Crippen LogP) is 5.89. The van der Waals surface area contributed by atoms with Crippen LogP contribution in [0.25, 0.3) is 0 Å². The number of phenolic OH excluding ortho intramolecular Hbond substituents is 1. The highest BCUT2D eigenvalue weighted by molar-refractivity contribution is 8.76. The van der Waals surface area contributed by atoms with E-state index >= 15 is 0 Å². The van der Waals surface area contributed by atoms with Crippen molar-refractivity contribution in [3.05, 3.63) is 83.0 Å².